The summed E-state index contributed by atoms with van der Waals surface area (Å²) in [5.74, 6) is 0.602. The van der Waals surface area contributed by atoms with E-state index < -0.39 is 0 Å². The zero-order valence-electron chi connectivity index (χ0n) is 6.91. The van der Waals surface area contributed by atoms with Crippen molar-refractivity contribution in [2.45, 2.75) is 5.75 Å². The lowest BCUT2D eigenvalue weighted by atomic mass is 10.1. The van der Waals surface area contributed by atoms with Gasteiger partial charge >= 0.3 is 0 Å². The molecule has 0 bridgehead atoms. The molecular formula is C9H11NOS. The fourth-order valence-corrected chi connectivity index (χ4v) is 1.46. The van der Waals surface area contributed by atoms with Crippen LogP contribution in [0.5, 0.6) is 0 Å². The lowest BCUT2D eigenvalue weighted by Gasteiger charge is -1.98. The summed E-state index contributed by atoms with van der Waals surface area (Å²) in [7, 11) is 0. The standard InChI is InChI=1S/C9H11NOS/c1-12-6-7-2-4-8(5-3-7)9(10)11/h2-5H,6H2,1H3,(H2,10,11). The van der Waals surface area contributed by atoms with Gasteiger partial charge < -0.3 is 5.73 Å². The van der Waals surface area contributed by atoms with Gasteiger partial charge in [-0.2, -0.15) is 11.8 Å². The minimum Gasteiger partial charge on any atom is -0.366 e. The second-order valence-corrected chi connectivity index (χ2v) is 3.36. The highest BCUT2D eigenvalue weighted by Gasteiger charge is 1.98. The Balaban J connectivity index is 2.78. The molecule has 1 rings (SSSR count). The van der Waals surface area contributed by atoms with Crippen LogP contribution in [0.1, 0.15) is 15.9 Å². The quantitative estimate of drug-likeness (QED) is 0.770. The van der Waals surface area contributed by atoms with Gasteiger partial charge in [-0.25, -0.2) is 0 Å². The summed E-state index contributed by atoms with van der Waals surface area (Å²) in [5.41, 5.74) is 6.88. The maximum absolute atomic E-state index is 10.7. The molecule has 1 aromatic carbocycles. The average Bonchev–Trinajstić information content (AvgIpc) is 2.06. The number of amides is 1. The Labute approximate surface area is 76.2 Å². The van der Waals surface area contributed by atoms with E-state index in [-0.39, 0.29) is 5.91 Å². The zero-order valence-corrected chi connectivity index (χ0v) is 7.73. The summed E-state index contributed by atoms with van der Waals surface area (Å²) in [4.78, 5) is 10.7. The van der Waals surface area contributed by atoms with E-state index in [2.05, 4.69) is 0 Å². The third kappa shape index (κ3) is 2.27. The van der Waals surface area contributed by atoms with Gasteiger partial charge in [-0.05, 0) is 24.0 Å². The maximum Gasteiger partial charge on any atom is 0.248 e. The van der Waals surface area contributed by atoms with Gasteiger partial charge in [0.2, 0.25) is 5.91 Å². The van der Waals surface area contributed by atoms with E-state index in [1.807, 2.05) is 18.4 Å². The molecule has 0 spiro atoms. The number of hydrogen-bond acceptors (Lipinski definition) is 2. The maximum atomic E-state index is 10.7. The van der Waals surface area contributed by atoms with Crippen molar-refractivity contribution in [2.24, 2.45) is 5.73 Å². The number of carbonyl (C=O) groups is 1. The largest absolute Gasteiger partial charge is 0.366 e. The molecule has 0 heterocycles. The van der Waals surface area contributed by atoms with Gasteiger partial charge in [-0.15, -0.1) is 0 Å². The summed E-state index contributed by atoms with van der Waals surface area (Å²) < 4.78 is 0. The number of primary amides is 1. The van der Waals surface area contributed by atoms with Crippen molar-refractivity contribution in [3.8, 4) is 0 Å². The van der Waals surface area contributed by atoms with Crippen LogP contribution in [0.15, 0.2) is 24.3 Å². The molecule has 12 heavy (non-hydrogen) atoms. The molecule has 0 aromatic heterocycles. The van der Waals surface area contributed by atoms with E-state index in [9.17, 15) is 4.79 Å². The van der Waals surface area contributed by atoms with Gasteiger partial charge in [-0.3, -0.25) is 4.79 Å². The monoisotopic (exact) mass is 181 g/mol. The number of nitrogens with two attached hydrogens (primary N) is 1. The Bertz CT molecular complexity index is 268. The van der Waals surface area contributed by atoms with Crippen molar-refractivity contribution >= 4 is 17.7 Å². The predicted molar refractivity (Wildman–Crippen MR) is 52.2 cm³/mol. The molecule has 1 amide bonds. The molecule has 0 unspecified atom stereocenters. The average molecular weight is 181 g/mol. The molecule has 0 aliphatic carbocycles. The van der Waals surface area contributed by atoms with E-state index >= 15 is 0 Å². The molecule has 0 atom stereocenters. The van der Waals surface area contributed by atoms with Crippen molar-refractivity contribution in [1.82, 2.24) is 0 Å². The first kappa shape index (κ1) is 9.13. The summed E-state index contributed by atoms with van der Waals surface area (Å²) in [6.07, 6.45) is 2.04. The first-order chi connectivity index (χ1) is 5.74. The van der Waals surface area contributed by atoms with Crippen molar-refractivity contribution in [2.75, 3.05) is 6.26 Å². The van der Waals surface area contributed by atoms with Crippen molar-refractivity contribution in [1.29, 1.82) is 0 Å². The molecule has 0 saturated heterocycles. The normalized spacial score (nSPS) is 9.75. The Kier molecular flexibility index (Phi) is 3.17. The topological polar surface area (TPSA) is 43.1 Å². The number of thioether (sulfide) groups is 1. The van der Waals surface area contributed by atoms with Gasteiger partial charge in [0.15, 0.2) is 0 Å². The van der Waals surface area contributed by atoms with Crippen LogP contribution in [0.2, 0.25) is 0 Å². The molecule has 0 radical (unpaired) electrons. The Morgan fingerprint density at radius 2 is 2.00 bits per heavy atom. The molecular weight excluding hydrogens is 170 g/mol. The highest BCUT2D eigenvalue weighted by Crippen LogP contribution is 2.09. The van der Waals surface area contributed by atoms with Crippen LogP contribution >= 0.6 is 11.8 Å². The predicted octanol–water partition coefficient (Wildman–Crippen LogP) is 1.65. The zero-order chi connectivity index (χ0) is 8.97. The molecule has 0 aliphatic heterocycles. The van der Waals surface area contributed by atoms with E-state index in [0.717, 1.165) is 5.75 Å². The first-order valence-electron chi connectivity index (χ1n) is 3.61. The van der Waals surface area contributed by atoms with E-state index in [0.29, 0.717) is 5.56 Å². The van der Waals surface area contributed by atoms with Crippen molar-refractivity contribution < 1.29 is 4.79 Å². The Morgan fingerprint density at radius 1 is 1.42 bits per heavy atom. The molecule has 2 nitrogen and oxygen atoms in total. The van der Waals surface area contributed by atoms with Crippen LogP contribution in [0.4, 0.5) is 0 Å². The van der Waals surface area contributed by atoms with Gasteiger partial charge in [0.25, 0.3) is 0 Å². The highest BCUT2D eigenvalue weighted by molar-refractivity contribution is 7.97. The molecule has 0 fully saturated rings. The smallest absolute Gasteiger partial charge is 0.248 e. The minimum atomic E-state index is -0.370. The summed E-state index contributed by atoms with van der Waals surface area (Å²) in [6, 6.07) is 7.37. The fraction of sp³-hybridized carbons (Fsp3) is 0.222. The second kappa shape index (κ2) is 4.16. The Morgan fingerprint density at radius 3 is 2.42 bits per heavy atom. The molecule has 64 valence electrons. The number of benzene rings is 1. The summed E-state index contributed by atoms with van der Waals surface area (Å²) in [5, 5.41) is 0. The van der Waals surface area contributed by atoms with Gasteiger partial charge in [0.1, 0.15) is 0 Å². The minimum absolute atomic E-state index is 0.370. The first-order valence-corrected chi connectivity index (χ1v) is 5.01. The van der Waals surface area contributed by atoms with E-state index in [1.54, 1.807) is 23.9 Å². The summed E-state index contributed by atoms with van der Waals surface area (Å²) in [6.45, 7) is 0. The second-order valence-electron chi connectivity index (χ2n) is 2.49. The summed E-state index contributed by atoms with van der Waals surface area (Å²) >= 11 is 1.75. The fourth-order valence-electron chi connectivity index (χ4n) is 0.932. The number of rotatable bonds is 3. The molecule has 1 aromatic rings. The van der Waals surface area contributed by atoms with Crippen molar-refractivity contribution in [3.05, 3.63) is 35.4 Å². The van der Waals surface area contributed by atoms with Gasteiger partial charge in [0.05, 0.1) is 0 Å². The van der Waals surface area contributed by atoms with Crippen LogP contribution < -0.4 is 5.73 Å². The number of hydrogen-bond donors (Lipinski definition) is 1. The van der Waals surface area contributed by atoms with Crippen LogP contribution in [-0.2, 0) is 5.75 Å². The molecule has 3 heteroatoms. The third-order valence-corrected chi connectivity index (χ3v) is 2.17. The lowest BCUT2D eigenvalue weighted by molar-refractivity contribution is 0.100. The Hall–Kier alpha value is -0.960. The molecule has 0 saturated carbocycles. The van der Waals surface area contributed by atoms with Crippen LogP contribution in [0.25, 0.3) is 0 Å². The van der Waals surface area contributed by atoms with Crippen LogP contribution in [0, 0.1) is 0 Å². The SMILES string of the molecule is CSCc1ccc(C(N)=O)cc1. The molecule has 2 N–H and O–H groups in total. The van der Waals surface area contributed by atoms with E-state index in [1.165, 1.54) is 5.56 Å². The van der Waals surface area contributed by atoms with E-state index in [4.69, 9.17) is 5.73 Å². The van der Waals surface area contributed by atoms with Crippen LogP contribution in [-0.4, -0.2) is 12.2 Å². The van der Waals surface area contributed by atoms with Gasteiger partial charge in [-0.1, -0.05) is 12.1 Å². The number of carbonyl (C=O) groups excluding carboxylic acids is 1. The lowest BCUT2D eigenvalue weighted by Crippen LogP contribution is -2.10. The van der Waals surface area contributed by atoms with Crippen LogP contribution in [0.3, 0.4) is 0 Å². The van der Waals surface area contributed by atoms with Gasteiger partial charge in [0, 0.05) is 11.3 Å². The molecule has 0 aliphatic rings. The highest BCUT2D eigenvalue weighted by atomic mass is 32.2. The third-order valence-electron chi connectivity index (χ3n) is 1.55. The van der Waals surface area contributed by atoms with Crippen molar-refractivity contribution in [3.63, 3.8) is 0 Å².